The first kappa shape index (κ1) is 17.0. The molecule has 4 rings (SSSR count). The predicted molar refractivity (Wildman–Crippen MR) is 95.6 cm³/mol. The molecular formula is C18H16N4O4. The molecule has 3 aromatic rings. The molecule has 0 aliphatic carbocycles. The summed E-state index contributed by atoms with van der Waals surface area (Å²) in [6, 6.07) is 14.0. The maximum absolute atomic E-state index is 11.8. The van der Waals surface area contributed by atoms with Gasteiger partial charge < -0.3 is 26.7 Å². The van der Waals surface area contributed by atoms with E-state index in [0.717, 1.165) is 16.5 Å². The summed E-state index contributed by atoms with van der Waals surface area (Å²) < 4.78 is 10.7. The van der Waals surface area contributed by atoms with Crippen molar-refractivity contribution in [3.05, 3.63) is 54.1 Å². The van der Waals surface area contributed by atoms with Crippen LogP contribution in [0.2, 0.25) is 0 Å². The van der Waals surface area contributed by atoms with E-state index in [1.807, 2.05) is 42.5 Å². The first-order chi connectivity index (χ1) is 12.5. The predicted octanol–water partition coefficient (Wildman–Crippen LogP) is 1.75. The summed E-state index contributed by atoms with van der Waals surface area (Å²) >= 11 is 0. The molecule has 132 valence electrons. The van der Waals surface area contributed by atoms with E-state index < -0.39 is 11.9 Å². The number of rotatable bonds is 2. The number of urea groups is 1. The first-order valence-corrected chi connectivity index (χ1v) is 7.60. The fourth-order valence-electron chi connectivity index (χ4n) is 2.57. The maximum Gasteiger partial charge on any atom is 0.309 e. The van der Waals surface area contributed by atoms with Crippen LogP contribution in [0.25, 0.3) is 22.2 Å². The van der Waals surface area contributed by atoms with Crippen LogP contribution < -0.4 is 26.7 Å². The lowest BCUT2D eigenvalue weighted by Crippen LogP contribution is -2.18. The summed E-state index contributed by atoms with van der Waals surface area (Å²) in [4.78, 5) is 25.4. The number of benzene rings is 2. The second-order valence-corrected chi connectivity index (χ2v) is 5.42. The highest BCUT2D eigenvalue weighted by Gasteiger charge is 2.18. The number of nitrogens with zero attached hydrogens (tertiary/aromatic N) is 1. The molecule has 0 fully saturated rings. The van der Waals surface area contributed by atoms with Gasteiger partial charge in [0.05, 0.1) is 16.8 Å². The Labute approximate surface area is 148 Å². The van der Waals surface area contributed by atoms with E-state index in [4.69, 9.17) is 20.0 Å². The Morgan fingerprint density at radius 3 is 2.15 bits per heavy atom. The number of fused-ring (bicyclic) bond motifs is 2. The number of primary amides is 3. The lowest BCUT2D eigenvalue weighted by atomic mass is 10.0. The topological polar surface area (TPSA) is 144 Å². The zero-order chi connectivity index (χ0) is 18.7. The summed E-state index contributed by atoms with van der Waals surface area (Å²) in [6.07, 6.45) is 0. The molecular weight excluding hydrogens is 336 g/mol. The molecule has 1 aliphatic rings. The third kappa shape index (κ3) is 3.48. The van der Waals surface area contributed by atoms with Crippen molar-refractivity contribution in [2.24, 2.45) is 17.2 Å². The van der Waals surface area contributed by atoms with Gasteiger partial charge in [-0.15, -0.1) is 0 Å². The smallest absolute Gasteiger partial charge is 0.309 e. The zero-order valence-electron chi connectivity index (χ0n) is 13.6. The Kier molecular flexibility index (Phi) is 4.57. The Hall–Kier alpha value is -3.81. The highest BCUT2D eigenvalue weighted by Crippen LogP contribution is 2.37. The molecule has 1 aromatic heterocycles. The van der Waals surface area contributed by atoms with Crippen LogP contribution in [0.5, 0.6) is 11.5 Å². The number of ether oxygens (including phenoxy) is 2. The Morgan fingerprint density at radius 1 is 0.923 bits per heavy atom. The third-order valence-corrected chi connectivity index (χ3v) is 3.62. The molecule has 0 saturated heterocycles. The van der Waals surface area contributed by atoms with Gasteiger partial charge in [0.15, 0.2) is 11.5 Å². The first-order valence-electron chi connectivity index (χ1n) is 7.60. The molecule has 0 atom stereocenters. The highest BCUT2D eigenvalue weighted by molar-refractivity contribution is 6.02. The van der Waals surface area contributed by atoms with Crippen molar-refractivity contribution < 1.29 is 19.1 Å². The Morgan fingerprint density at radius 2 is 1.54 bits per heavy atom. The molecule has 2 aromatic carbocycles. The van der Waals surface area contributed by atoms with Crippen LogP contribution in [-0.4, -0.2) is 23.7 Å². The molecule has 26 heavy (non-hydrogen) atoms. The zero-order valence-corrected chi connectivity index (χ0v) is 13.6. The van der Waals surface area contributed by atoms with Gasteiger partial charge in [-0.2, -0.15) is 0 Å². The normalized spacial score (nSPS) is 11.5. The fourth-order valence-corrected chi connectivity index (χ4v) is 2.57. The number of hydrogen-bond donors (Lipinski definition) is 3. The largest absolute Gasteiger partial charge is 0.454 e. The third-order valence-electron chi connectivity index (χ3n) is 3.62. The van der Waals surface area contributed by atoms with Crippen molar-refractivity contribution in [1.82, 2.24) is 4.98 Å². The van der Waals surface area contributed by atoms with Crippen molar-refractivity contribution in [1.29, 1.82) is 0 Å². The molecule has 8 heteroatoms. The van der Waals surface area contributed by atoms with E-state index in [9.17, 15) is 4.79 Å². The summed E-state index contributed by atoms with van der Waals surface area (Å²) in [5, 5.41) is 0.790. The average molecular weight is 352 g/mol. The molecule has 3 amide bonds. The second kappa shape index (κ2) is 6.98. The molecule has 0 radical (unpaired) electrons. The SMILES string of the molecule is NC(=O)c1cc2cc3c(cc2nc1-c1ccccc1)OCO3.NC(N)=O. The van der Waals surface area contributed by atoms with Gasteiger partial charge in [0.1, 0.15) is 0 Å². The van der Waals surface area contributed by atoms with E-state index in [2.05, 4.69) is 16.5 Å². The fraction of sp³-hybridized carbons (Fsp3) is 0.0556. The van der Waals surface area contributed by atoms with Crippen LogP contribution in [0, 0.1) is 0 Å². The van der Waals surface area contributed by atoms with Crippen LogP contribution >= 0.6 is 0 Å². The number of carbonyl (C=O) groups excluding carboxylic acids is 2. The van der Waals surface area contributed by atoms with Crippen molar-refractivity contribution in [2.45, 2.75) is 0 Å². The molecule has 1 aliphatic heterocycles. The van der Waals surface area contributed by atoms with Crippen molar-refractivity contribution in [2.75, 3.05) is 6.79 Å². The standard InChI is InChI=1S/C17H12N2O3.CH4N2O/c18-17(20)12-6-11-7-14-15(22-9-21-14)8-13(11)19-16(12)10-4-2-1-3-5-10;2-1(3)4/h1-8H,9H2,(H2,18,20);(H4,2,3,4). The van der Waals surface area contributed by atoms with Gasteiger partial charge in [0, 0.05) is 17.0 Å². The number of aromatic nitrogens is 1. The molecule has 0 saturated carbocycles. The summed E-state index contributed by atoms with van der Waals surface area (Å²) in [5.41, 5.74) is 16.5. The number of nitrogens with two attached hydrogens (primary N) is 3. The van der Waals surface area contributed by atoms with Crippen LogP contribution in [0.4, 0.5) is 4.79 Å². The monoisotopic (exact) mass is 352 g/mol. The molecule has 0 spiro atoms. The van der Waals surface area contributed by atoms with Gasteiger partial charge in [0.2, 0.25) is 6.79 Å². The minimum Gasteiger partial charge on any atom is -0.454 e. The number of amides is 3. The van der Waals surface area contributed by atoms with Gasteiger partial charge in [-0.05, 0) is 12.1 Å². The summed E-state index contributed by atoms with van der Waals surface area (Å²) in [5.74, 6) is 0.800. The van der Waals surface area contributed by atoms with Crippen LogP contribution in [-0.2, 0) is 0 Å². The van der Waals surface area contributed by atoms with Gasteiger partial charge in [-0.3, -0.25) is 4.79 Å². The second-order valence-electron chi connectivity index (χ2n) is 5.42. The van der Waals surface area contributed by atoms with Crippen LogP contribution in [0.15, 0.2) is 48.5 Å². The van der Waals surface area contributed by atoms with Crippen molar-refractivity contribution in [3.63, 3.8) is 0 Å². The lowest BCUT2D eigenvalue weighted by molar-refractivity contribution is 0.100. The summed E-state index contributed by atoms with van der Waals surface area (Å²) in [7, 11) is 0. The maximum atomic E-state index is 11.8. The van der Waals surface area contributed by atoms with Crippen LogP contribution in [0.1, 0.15) is 10.4 Å². The highest BCUT2D eigenvalue weighted by atomic mass is 16.7. The van der Waals surface area contributed by atoms with Crippen LogP contribution in [0.3, 0.4) is 0 Å². The molecule has 2 heterocycles. The Bertz CT molecular complexity index is 985. The minimum atomic E-state index is -0.833. The number of pyridine rings is 1. The molecule has 0 unspecified atom stereocenters. The molecule has 0 bridgehead atoms. The van der Waals surface area contributed by atoms with Gasteiger partial charge in [-0.25, -0.2) is 9.78 Å². The van der Waals surface area contributed by atoms with E-state index in [1.165, 1.54) is 0 Å². The van der Waals surface area contributed by atoms with Gasteiger partial charge >= 0.3 is 6.03 Å². The van der Waals surface area contributed by atoms with Gasteiger partial charge in [-0.1, -0.05) is 30.3 Å². The lowest BCUT2D eigenvalue weighted by Gasteiger charge is -2.09. The van der Waals surface area contributed by atoms with Gasteiger partial charge in [0.25, 0.3) is 5.91 Å². The van der Waals surface area contributed by atoms with E-state index >= 15 is 0 Å². The van der Waals surface area contributed by atoms with Crippen molar-refractivity contribution in [3.8, 4) is 22.8 Å². The van der Waals surface area contributed by atoms with E-state index in [1.54, 1.807) is 6.07 Å². The van der Waals surface area contributed by atoms with Crippen molar-refractivity contribution >= 4 is 22.8 Å². The minimum absolute atomic E-state index is 0.194. The number of hydrogen-bond acceptors (Lipinski definition) is 5. The molecule has 8 nitrogen and oxygen atoms in total. The average Bonchev–Trinajstić information content (AvgIpc) is 3.06. The Balaban J connectivity index is 0.000000447. The number of carbonyl (C=O) groups is 2. The van der Waals surface area contributed by atoms with E-state index in [0.29, 0.717) is 22.8 Å². The summed E-state index contributed by atoms with van der Waals surface area (Å²) in [6.45, 7) is 0.194. The molecule has 6 N–H and O–H groups in total. The quantitative estimate of drug-likeness (QED) is 0.643. The van der Waals surface area contributed by atoms with E-state index in [-0.39, 0.29) is 6.79 Å².